The van der Waals surface area contributed by atoms with Crippen LogP contribution in [0.1, 0.15) is 33.1 Å². The van der Waals surface area contributed by atoms with Crippen LogP contribution in [0.4, 0.5) is 0 Å². The number of ether oxygens (including phenoxy) is 1. The molecule has 0 radical (unpaired) electrons. The predicted molar refractivity (Wildman–Crippen MR) is 107 cm³/mol. The number of hydrogen-bond donors (Lipinski definition) is 2. The summed E-state index contributed by atoms with van der Waals surface area (Å²) in [6.07, 6.45) is 1.15. The largest absolute Gasteiger partial charge is 0.492 e. The van der Waals surface area contributed by atoms with Crippen molar-refractivity contribution in [3.05, 3.63) is 29.3 Å². The lowest BCUT2D eigenvalue weighted by Crippen LogP contribution is -2.39. The van der Waals surface area contributed by atoms with Crippen LogP contribution in [0.5, 0.6) is 5.75 Å². The first-order chi connectivity index (χ1) is 13.4. The number of likely N-dealkylation sites (tertiary alicyclic amines) is 1. The van der Waals surface area contributed by atoms with Crippen molar-refractivity contribution in [3.8, 4) is 5.75 Å². The van der Waals surface area contributed by atoms with E-state index < -0.39 is 0 Å². The minimum atomic E-state index is -0.312. The first kappa shape index (κ1) is 22.0. The number of nitrogens with one attached hydrogen (secondary N) is 2. The van der Waals surface area contributed by atoms with Gasteiger partial charge in [0.05, 0.1) is 17.5 Å². The molecule has 0 spiro atoms. The van der Waals surface area contributed by atoms with Crippen LogP contribution in [0.15, 0.2) is 24.3 Å². The smallest absolute Gasteiger partial charge is 0.225 e. The van der Waals surface area contributed by atoms with Gasteiger partial charge in [0, 0.05) is 38.5 Å². The Kier molecular flexibility index (Phi) is 8.57. The molecule has 3 amide bonds. The van der Waals surface area contributed by atoms with E-state index in [0.29, 0.717) is 49.9 Å². The van der Waals surface area contributed by atoms with Gasteiger partial charge in [-0.1, -0.05) is 23.7 Å². The van der Waals surface area contributed by atoms with Gasteiger partial charge in [-0.2, -0.15) is 0 Å². The maximum Gasteiger partial charge on any atom is 0.225 e. The van der Waals surface area contributed by atoms with Crippen molar-refractivity contribution in [1.29, 1.82) is 0 Å². The summed E-state index contributed by atoms with van der Waals surface area (Å²) >= 11 is 5.99. The highest BCUT2D eigenvalue weighted by atomic mass is 35.5. The number of para-hydroxylation sites is 1. The summed E-state index contributed by atoms with van der Waals surface area (Å²) in [5.74, 6) is 0.0710. The zero-order valence-electron chi connectivity index (χ0n) is 16.4. The molecule has 1 heterocycles. The lowest BCUT2D eigenvalue weighted by atomic mass is 10.1. The minimum Gasteiger partial charge on any atom is -0.492 e. The summed E-state index contributed by atoms with van der Waals surface area (Å²) in [4.78, 5) is 37.5. The second-order valence-electron chi connectivity index (χ2n) is 7.06. The standard InChI is InChI=1S/C20H28ClN3O4/c1-14(2)24-13-15(12-19(24)26)20(27)23-10-9-22-18(25)8-5-11-28-17-7-4-3-6-16(17)21/h3-4,6-7,14-15H,5,8-13H2,1-2H3,(H,22,25)(H,23,27). The first-order valence-corrected chi connectivity index (χ1v) is 9.97. The third kappa shape index (κ3) is 6.71. The monoisotopic (exact) mass is 409 g/mol. The fourth-order valence-electron chi connectivity index (χ4n) is 3.00. The second kappa shape index (κ2) is 10.9. The number of halogens is 1. The lowest BCUT2D eigenvalue weighted by molar-refractivity contribution is -0.129. The number of rotatable bonds is 10. The van der Waals surface area contributed by atoms with Gasteiger partial charge >= 0.3 is 0 Å². The number of carbonyl (C=O) groups excluding carboxylic acids is 3. The van der Waals surface area contributed by atoms with Crippen LogP contribution in [0.2, 0.25) is 5.02 Å². The molecule has 7 nitrogen and oxygen atoms in total. The predicted octanol–water partition coefficient (Wildman–Crippen LogP) is 1.99. The van der Waals surface area contributed by atoms with Crippen molar-refractivity contribution in [1.82, 2.24) is 15.5 Å². The second-order valence-corrected chi connectivity index (χ2v) is 7.47. The summed E-state index contributed by atoms with van der Waals surface area (Å²) < 4.78 is 5.53. The Morgan fingerprint density at radius 2 is 1.96 bits per heavy atom. The number of nitrogens with zero attached hydrogens (tertiary/aromatic N) is 1. The first-order valence-electron chi connectivity index (χ1n) is 9.59. The van der Waals surface area contributed by atoms with E-state index >= 15 is 0 Å². The molecule has 1 fully saturated rings. The normalized spacial score (nSPS) is 16.4. The van der Waals surface area contributed by atoms with Crippen LogP contribution in [0.25, 0.3) is 0 Å². The van der Waals surface area contributed by atoms with Gasteiger partial charge in [0.25, 0.3) is 0 Å². The zero-order chi connectivity index (χ0) is 20.5. The Balaban J connectivity index is 1.54. The zero-order valence-corrected chi connectivity index (χ0v) is 17.1. The van der Waals surface area contributed by atoms with Gasteiger partial charge in [-0.15, -0.1) is 0 Å². The maximum absolute atomic E-state index is 12.1. The molecule has 1 aromatic carbocycles. The van der Waals surface area contributed by atoms with E-state index in [1.54, 1.807) is 17.0 Å². The molecule has 1 atom stereocenters. The summed E-state index contributed by atoms with van der Waals surface area (Å²) in [6.45, 7) is 5.42. The highest BCUT2D eigenvalue weighted by Gasteiger charge is 2.35. The molecule has 2 N–H and O–H groups in total. The molecule has 28 heavy (non-hydrogen) atoms. The van der Waals surface area contributed by atoms with E-state index in [1.807, 2.05) is 26.0 Å². The third-order valence-corrected chi connectivity index (χ3v) is 4.85. The van der Waals surface area contributed by atoms with Crippen LogP contribution in [-0.4, -0.2) is 54.9 Å². The van der Waals surface area contributed by atoms with Crippen molar-refractivity contribution < 1.29 is 19.1 Å². The van der Waals surface area contributed by atoms with Gasteiger partial charge in [0.15, 0.2) is 0 Å². The van der Waals surface area contributed by atoms with Gasteiger partial charge in [-0.25, -0.2) is 0 Å². The summed E-state index contributed by atoms with van der Waals surface area (Å²) in [5, 5.41) is 6.09. The number of amides is 3. The molecule has 1 saturated heterocycles. The Morgan fingerprint density at radius 1 is 1.25 bits per heavy atom. The van der Waals surface area contributed by atoms with E-state index in [2.05, 4.69) is 10.6 Å². The number of benzene rings is 1. The Bertz CT molecular complexity index is 696. The summed E-state index contributed by atoms with van der Waals surface area (Å²) in [6, 6.07) is 7.30. The SMILES string of the molecule is CC(C)N1CC(C(=O)NCCNC(=O)CCCOc2ccccc2Cl)CC1=O. The average molecular weight is 410 g/mol. The molecular formula is C20H28ClN3O4. The maximum atomic E-state index is 12.1. The van der Waals surface area contributed by atoms with Gasteiger partial charge in [0.1, 0.15) is 5.75 Å². The van der Waals surface area contributed by atoms with Gasteiger partial charge in [-0.05, 0) is 32.4 Å². The van der Waals surface area contributed by atoms with Crippen molar-refractivity contribution in [2.24, 2.45) is 5.92 Å². The summed E-state index contributed by atoms with van der Waals surface area (Å²) in [7, 11) is 0. The third-order valence-electron chi connectivity index (χ3n) is 4.54. The molecule has 2 rings (SSSR count). The van der Waals surface area contributed by atoms with Crippen LogP contribution in [0.3, 0.4) is 0 Å². The molecular weight excluding hydrogens is 382 g/mol. The lowest BCUT2D eigenvalue weighted by Gasteiger charge is -2.20. The number of carbonyl (C=O) groups is 3. The molecule has 1 aromatic rings. The average Bonchev–Trinajstić information content (AvgIpc) is 3.05. The molecule has 1 unspecified atom stereocenters. The molecule has 8 heteroatoms. The van der Waals surface area contributed by atoms with Gasteiger partial charge < -0.3 is 20.3 Å². The van der Waals surface area contributed by atoms with Crippen molar-refractivity contribution in [2.45, 2.75) is 39.2 Å². The summed E-state index contributed by atoms with van der Waals surface area (Å²) in [5.41, 5.74) is 0. The fraction of sp³-hybridized carbons (Fsp3) is 0.550. The van der Waals surface area contributed by atoms with E-state index in [1.165, 1.54) is 0 Å². The van der Waals surface area contributed by atoms with Gasteiger partial charge in [0.2, 0.25) is 17.7 Å². The molecule has 0 aliphatic carbocycles. The van der Waals surface area contributed by atoms with Crippen molar-refractivity contribution >= 4 is 29.3 Å². The minimum absolute atomic E-state index is 0.0162. The van der Waals surface area contributed by atoms with E-state index in [-0.39, 0.29) is 36.1 Å². The molecule has 154 valence electrons. The van der Waals surface area contributed by atoms with E-state index in [9.17, 15) is 14.4 Å². The Hall–Kier alpha value is -2.28. The molecule has 0 saturated carbocycles. The van der Waals surface area contributed by atoms with Crippen LogP contribution in [-0.2, 0) is 14.4 Å². The topological polar surface area (TPSA) is 87.7 Å². The Morgan fingerprint density at radius 3 is 2.64 bits per heavy atom. The van der Waals surface area contributed by atoms with Crippen molar-refractivity contribution in [3.63, 3.8) is 0 Å². The molecule has 1 aliphatic rings. The Labute approximate surface area is 170 Å². The molecule has 0 bridgehead atoms. The molecule has 0 aromatic heterocycles. The molecule has 1 aliphatic heterocycles. The number of hydrogen-bond acceptors (Lipinski definition) is 4. The van der Waals surface area contributed by atoms with Crippen LogP contribution < -0.4 is 15.4 Å². The highest BCUT2D eigenvalue weighted by Crippen LogP contribution is 2.23. The van der Waals surface area contributed by atoms with Crippen LogP contribution in [0, 0.1) is 5.92 Å². The fourth-order valence-corrected chi connectivity index (χ4v) is 3.19. The van der Waals surface area contributed by atoms with E-state index in [0.717, 1.165) is 0 Å². The van der Waals surface area contributed by atoms with Crippen molar-refractivity contribution in [2.75, 3.05) is 26.2 Å². The van der Waals surface area contributed by atoms with E-state index in [4.69, 9.17) is 16.3 Å². The quantitative estimate of drug-likeness (QED) is 0.578. The highest BCUT2D eigenvalue weighted by molar-refractivity contribution is 6.32. The van der Waals surface area contributed by atoms with Crippen LogP contribution >= 0.6 is 11.6 Å². The van der Waals surface area contributed by atoms with Gasteiger partial charge in [-0.3, -0.25) is 14.4 Å².